The second-order valence-corrected chi connectivity index (χ2v) is 5.77. The Morgan fingerprint density at radius 3 is 2.82 bits per heavy atom. The van der Waals surface area contributed by atoms with E-state index >= 15 is 0 Å². The maximum absolute atomic E-state index is 12.2. The van der Waals surface area contributed by atoms with E-state index in [2.05, 4.69) is 10.3 Å². The molecule has 118 valence electrons. The minimum absolute atomic E-state index is 0.332. The predicted molar refractivity (Wildman–Crippen MR) is 86.7 cm³/mol. The number of carbonyl (C=O) groups excluding carboxylic acids is 1. The molecule has 0 fully saturated rings. The summed E-state index contributed by atoms with van der Waals surface area (Å²) in [7, 11) is 1.57. The highest BCUT2D eigenvalue weighted by atomic mass is 32.2. The Bertz CT molecular complexity index is 683. The summed E-state index contributed by atoms with van der Waals surface area (Å²) in [4.78, 5) is 26.4. The fourth-order valence-electron chi connectivity index (χ4n) is 2.09. The number of carbonyl (C=O) groups is 2. The molecule has 22 heavy (non-hydrogen) atoms. The first kappa shape index (κ1) is 16.2. The van der Waals surface area contributed by atoms with Gasteiger partial charge in [0, 0.05) is 10.9 Å². The average molecular weight is 322 g/mol. The van der Waals surface area contributed by atoms with Gasteiger partial charge in [-0.25, -0.2) is 4.79 Å². The maximum Gasteiger partial charge on any atom is 0.326 e. The maximum atomic E-state index is 12.2. The summed E-state index contributed by atoms with van der Waals surface area (Å²) in [6.07, 6.45) is 2.28. The van der Waals surface area contributed by atoms with E-state index in [9.17, 15) is 9.59 Å². The van der Waals surface area contributed by atoms with Crippen molar-refractivity contribution in [3.63, 3.8) is 0 Å². The van der Waals surface area contributed by atoms with Crippen molar-refractivity contribution in [2.75, 3.05) is 19.1 Å². The summed E-state index contributed by atoms with van der Waals surface area (Å²) in [5.41, 5.74) is 1.13. The van der Waals surface area contributed by atoms with E-state index < -0.39 is 17.9 Å². The first-order valence-electron chi connectivity index (χ1n) is 6.74. The van der Waals surface area contributed by atoms with Gasteiger partial charge in [-0.1, -0.05) is 0 Å². The third kappa shape index (κ3) is 3.73. The molecule has 0 saturated carbocycles. The van der Waals surface area contributed by atoms with Crippen LogP contribution in [-0.4, -0.2) is 47.1 Å². The van der Waals surface area contributed by atoms with Crippen molar-refractivity contribution in [1.29, 1.82) is 0 Å². The van der Waals surface area contributed by atoms with Crippen LogP contribution in [0.5, 0.6) is 5.75 Å². The summed E-state index contributed by atoms with van der Waals surface area (Å²) < 4.78 is 5.14. The lowest BCUT2D eigenvalue weighted by Gasteiger charge is -2.13. The molecular formula is C15H18N2O4S. The topological polar surface area (TPSA) is 91.4 Å². The van der Waals surface area contributed by atoms with Gasteiger partial charge in [0.05, 0.1) is 7.11 Å². The minimum atomic E-state index is -1.03. The quantitative estimate of drug-likeness (QED) is 0.726. The van der Waals surface area contributed by atoms with Gasteiger partial charge >= 0.3 is 5.97 Å². The number of carboxylic acids is 1. The summed E-state index contributed by atoms with van der Waals surface area (Å²) >= 11 is 1.54. The number of H-pyrrole nitrogens is 1. The molecule has 6 nitrogen and oxygen atoms in total. The number of amides is 1. The molecule has 0 spiro atoms. The summed E-state index contributed by atoms with van der Waals surface area (Å²) in [5, 5.41) is 12.5. The van der Waals surface area contributed by atoms with E-state index in [1.165, 1.54) is 0 Å². The van der Waals surface area contributed by atoms with Crippen molar-refractivity contribution >= 4 is 34.5 Å². The zero-order valence-electron chi connectivity index (χ0n) is 12.4. The van der Waals surface area contributed by atoms with Gasteiger partial charge in [0.25, 0.3) is 5.91 Å². The van der Waals surface area contributed by atoms with Crippen molar-refractivity contribution < 1.29 is 19.4 Å². The lowest BCUT2D eigenvalue weighted by atomic mass is 10.2. The number of aromatic amines is 1. The van der Waals surface area contributed by atoms with Crippen molar-refractivity contribution in [2.45, 2.75) is 12.5 Å². The number of fused-ring (bicyclic) bond motifs is 1. The summed E-state index contributed by atoms with van der Waals surface area (Å²) in [5.74, 6) is -0.0908. The van der Waals surface area contributed by atoms with Gasteiger partial charge in [-0.15, -0.1) is 0 Å². The molecule has 0 saturated heterocycles. The van der Waals surface area contributed by atoms with Crippen LogP contribution >= 0.6 is 11.8 Å². The monoisotopic (exact) mass is 322 g/mol. The molecule has 0 unspecified atom stereocenters. The Labute approximate surface area is 132 Å². The fourth-order valence-corrected chi connectivity index (χ4v) is 2.56. The molecular weight excluding hydrogens is 304 g/mol. The van der Waals surface area contributed by atoms with Crippen LogP contribution in [0.4, 0.5) is 0 Å². The van der Waals surface area contributed by atoms with Gasteiger partial charge < -0.3 is 20.1 Å². The Kier molecular flexibility index (Phi) is 5.32. The molecule has 0 bridgehead atoms. The highest BCUT2D eigenvalue weighted by Crippen LogP contribution is 2.21. The van der Waals surface area contributed by atoms with Crippen molar-refractivity contribution in [2.24, 2.45) is 0 Å². The van der Waals surface area contributed by atoms with Gasteiger partial charge in [-0.3, -0.25) is 4.79 Å². The number of methoxy groups -OCH3 is 1. The number of rotatable bonds is 7. The van der Waals surface area contributed by atoms with Crippen LogP contribution in [-0.2, 0) is 4.79 Å². The molecule has 0 aliphatic rings. The number of hydrogen-bond acceptors (Lipinski definition) is 4. The number of carboxylic acid groups (broad SMARTS) is 1. The molecule has 1 amide bonds. The van der Waals surface area contributed by atoms with Gasteiger partial charge in [0.2, 0.25) is 0 Å². The lowest BCUT2D eigenvalue weighted by Crippen LogP contribution is -2.41. The van der Waals surface area contributed by atoms with Gasteiger partial charge in [-0.2, -0.15) is 11.8 Å². The fraction of sp³-hybridized carbons (Fsp3) is 0.333. The molecule has 3 N–H and O–H groups in total. The smallest absolute Gasteiger partial charge is 0.326 e. The molecule has 7 heteroatoms. The van der Waals surface area contributed by atoms with E-state index in [4.69, 9.17) is 9.84 Å². The number of nitrogens with one attached hydrogen (secondary N) is 2. The number of benzene rings is 1. The molecule has 1 aromatic heterocycles. The van der Waals surface area contributed by atoms with Crippen LogP contribution in [0.15, 0.2) is 24.3 Å². The van der Waals surface area contributed by atoms with Crippen molar-refractivity contribution in [3.8, 4) is 5.75 Å². The van der Waals surface area contributed by atoms with E-state index in [0.29, 0.717) is 23.6 Å². The molecule has 0 aliphatic carbocycles. The number of ether oxygens (including phenoxy) is 1. The highest BCUT2D eigenvalue weighted by Gasteiger charge is 2.21. The van der Waals surface area contributed by atoms with Gasteiger partial charge in [0.1, 0.15) is 17.5 Å². The lowest BCUT2D eigenvalue weighted by molar-refractivity contribution is -0.139. The van der Waals surface area contributed by atoms with Gasteiger partial charge in [-0.05, 0) is 42.7 Å². The van der Waals surface area contributed by atoms with Crippen LogP contribution < -0.4 is 10.1 Å². The van der Waals surface area contributed by atoms with Crippen LogP contribution in [0, 0.1) is 0 Å². The third-order valence-corrected chi connectivity index (χ3v) is 3.93. The number of aromatic nitrogens is 1. The summed E-state index contributed by atoms with van der Waals surface area (Å²) in [6, 6.07) is 6.21. The minimum Gasteiger partial charge on any atom is -0.497 e. The van der Waals surface area contributed by atoms with Crippen LogP contribution in [0.3, 0.4) is 0 Å². The van der Waals surface area contributed by atoms with Crippen molar-refractivity contribution in [1.82, 2.24) is 10.3 Å². The van der Waals surface area contributed by atoms with E-state index in [1.54, 1.807) is 31.0 Å². The van der Waals surface area contributed by atoms with Crippen LogP contribution in [0.1, 0.15) is 16.9 Å². The molecule has 1 heterocycles. The van der Waals surface area contributed by atoms with E-state index in [0.717, 1.165) is 10.9 Å². The van der Waals surface area contributed by atoms with Crippen LogP contribution in [0.2, 0.25) is 0 Å². The first-order chi connectivity index (χ1) is 10.5. The summed E-state index contributed by atoms with van der Waals surface area (Å²) in [6.45, 7) is 0. The Morgan fingerprint density at radius 1 is 1.41 bits per heavy atom. The molecule has 1 atom stereocenters. The zero-order chi connectivity index (χ0) is 16.1. The Hall–Kier alpha value is -2.15. The predicted octanol–water partition coefficient (Wildman–Crippen LogP) is 2.11. The molecule has 0 aliphatic heterocycles. The van der Waals surface area contributed by atoms with E-state index in [1.807, 2.05) is 18.4 Å². The molecule has 2 aromatic rings. The molecule has 0 radical (unpaired) electrons. The second-order valence-electron chi connectivity index (χ2n) is 4.78. The number of thioether (sulfide) groups is 1. The Balaban J connectivity index is 2.16. The van der Waals surface area contributed by atoms with E-state index in [-0.39, 0.29) is 0 Å². The first-order valence-corrected chi connectivity index (χ1v) is 8.14. The van der Waals surface area contributed by atoms with Crippen molar-refractivity contribution in [3.05, 3.63) is 30.0 Å². The average Bonchev–Trinajstić information content (AvgIpc) is 2.93. The van der Waals surface area contributed by atoms with Crippen LogP contribution in [0.25, 0.3) is 10.9 Å². The standard InChI is InChI=1S/C15H18N2O4S/c1-21-10-3-4-11-9(7-10)8-13(16-11)14(18)17-12(15(19)20)5-6-22-2/h3-4,7-8,12,16H,5-6H2,1-2H3,(H,17,18)(H,19,20)/t12-/m0/s1. The second kappa shape index (κ2) is 7.22. The molecule has 1 aromatic carbocycles. The SMILES string of the molecule is COc1ccc2[nH]c(C(=O)N[C@@H](CCSC)C(=O)O)cc2c1. The number of aliphatic carboxylic acids is 1. The molecule has 2 rings (SSSR count). The largest absolute Gasteiger partial charge is 0.497 e. The van der Waals surface area contributed by atoms with Gasteiger partial charge in [0.15, 0.2) is 0 Å². The number of hydrogen-bond donors (Lipinski definition) is 3. The Morgan fingerprint density at radius 2 is 2.18 bits per heavy atom. The third-order valence-electron chi connectivity index (χ3n) is 3.29. The zero-order valence-corrected chi connectivity index (χ0v) is 13.2. The highest BCUT2D eigenvalue weighted by molar-refractivity contribution is 7.98. The normalized spacial score (nSPS) is 12.1.